The van der Waals surface area contributed by atoms with Gasteiger partial charge in [-0.3, -0.25) is 0 Å². The number of hydrogen-bond acceptors (Lipinski definition) is 4. The van der Waals surface area contributed by atoms with Gasteiger partial charge in [-0.25, -0.2) is 0 Å². The van der Waals surface area contributed by atoms with Crippen LogP contribution in [0.5, 0.6) is 5.75 Å². The van der Waals surface area contributed by atoms with E-state index in [1.165, 1.54) is 11.1 Å². The summed E-state index contributed by atoms with van der Waals surface area (Å²) in [5.74, 6) is 0.894. The van der Waals surface area contributed by atoms with Crippen LogP contribution in [0.25, 0.3) is 0 Å². The predicted octanol–water partition coefficient (Wildman–Crippen LogP) is 1.22. The molecule has 2 rings (SSSR count). The standard InChI is InChI=1S/C15H25N3O/c1-10-7-12(14(19-4)8-11(10)2)15(16)13-9-18(3)6-5-17-13/h7-8,13,15,17H,5-6,9,16H2,1-4H3. The molecule has 0 saturated carbocycles. The molecule has 1 aromatic carbocycles. The number of methoxy groups -OCH3 is 1. The zero-order chi connectivity index (χ0) is 14.0. The first-order chi connectivity index (χ1) is 9.02. The molecule has 2 unspecified atom stereocenters. The topological polar surface area (TPSA) is 50.5 Å². The number of ether oxygens (including phenoxy) is 1. The summed E-state index contributed by atoms with van der Waals surface area (Å²) in [5.41, 5.74) is 10.1. The summed E-state index contributed by atoms with van der Waals surface area (Å²) in [6.45, 7) is 7.25. The van der Waals surface area contributed by atoms with Gasteiger partial charge in [0.1, 0.15) is 5.75 Å². The third kappa shape index (κ3) is 3.08. The second-order valence-electron chi connectivity index (χ2n) is 5.53. The van der Waals surface area contributed by atoms with Gasteiger partial charge in [-0.1, -0.05) is 6.07 Å². The Kier molecular flexibility index (Phi) is 4.45. The van der Waals surface area contributed by atoms with Crippen LogP contribution in [0.4, 0.5) is 0 Å². The average molecular weight is 263 g/mol. The van der Waals surface area contributed by atoms with Crippen LogP contribution in [0.1, 0.15) is 22.7 Å². The van der Waals surface area contributed by atoms with E-state index in [0.717, 1.165) is 30.9 Å². The van der Waals surface area contributed by atoms with Gasteiger partial charge in [0.05, 0.1) is 7.11 Å². The fourth-order valence-electron chi connectivity index (χ4n) is 2.64. The number of nitrogens with zero attached hydrogens (tertiary/aromatic N) is 1. The van der Waals surface area contributed by atoms with E-state index in [4.69, 9.17) is 10.5 Å². The van der Waals surface area contributed by atoms with E-state index >= 15 is 0 Å². The monoisotopic (exact) mass is 263 g/mol. The second-order valence-corrected chi connectivity index (χ2v) is 5.53. The zero-order valence-electron chi connectivity index (χ0n) is 12.4. The summed E-state index contributed by atoms with van der Waals surface area (Å²) >= 11 is 0. The summed E-state index contributed by atoms with van der Waals surface area (Å²) in [6.07, 6.45) is 0. The minimum absolute atomic E-state index is 0.0444. The molecular weight excluding hydrogens is 238 g/mol. The highest BCUT2D eigenvalue weighted by Crippen LogP contribution is 2.29. The Labute approximate surface area is 115 Å². The third-order valence-electron chi connectivity index (χ3n) is 4.05. The van der Waals surface area contributed by atoms with Crippen LogP contribution in [0.3, 0.4) is 0 Å². The number of piperazine rings is 1. The molecule has 1 heterocycles. The Morgan fingerprint density at radius 1 is 1.37 bits per heavy atom. The number of rotatable bonds is 3. The maximum absolute atomic E-state index is 6.46. The van der Waals surface area contributed by atoms with Gasteiger partial charge in [0.25, 0.3) is 0 Å². The molecule has 2 atom stereocenters. The number of aryl methyl sites for hydroxylation is 2. The Hall–Kier alpha value is -1.10. The van der Waals surface area contributed by atoms with Crippen molar-refractivity contribution in [3.8, 4) is 5.75 Å². The Balaban J connectivity index is 2.27. The van der Waals surface area contributed by atoms with Crippen molar-refractivity contribution in [2.45, 2.75) is 25.9 Å². The van der Waals surface area contributed by atoms with E-state index in [0.29, 0.717) is 0 Å². The van der Waals surface area contributed by atoms with Crippen molar-refractivity contribution in [2.24, 2.45) is 5.73 Å². The van der Waals surface area contributed by atoms with Gasteiger partial charge in [0, 0.05) is 37.3 Å². The van der Waals surface area contributed by atoms with Crippen LogP contribution in [-0.4, -0.2) is 44.7 Å². The van der Waals surface area contributed by atoms with E-state index in [1.807, 2.05) is 0 Å². The van der Waals surface area contributed by atoms with Gasteiger partial charge >= 0.3 is 0 Å². The van der Waals surface area contributed by atoms with Crippen molar-refractivity contribution < 1.29 is 4.74 Å². The fraction of sp³-hybridized carbons (Fsp3) is 0.600. The summed E-state index contributed by atoms with van der Waals surface area (Å²) in [7, 11) is 3.85. The first-order valence-corrected chi connectivity index (χ1v) is 6.85. The molecule has 4 heteroatoms. The molecule has 0 spiro atoms. The number of likely N-dealkylation sites (N-methyl/N-ethyl adjacent to an activating group) is 1. The van der Waals surface area contributed by atoms with Gasteiger partial charge in [0.2, 0.25) is 0 Å². The van der Waals surface area contributed by atoms with Gasteiger partial charge < -0.3 is 20.7 Å². The van der Waals surface area contributed by atoms with Crippen molar-refractivity contribution in [2.75, 3.05) is 33.8 Å². The van der Waals surface area contributed by atoms with E-state index in [9.17, 15) is 0 Å². The molecule has 0 amide bonds. The first-order valence-electron chi connectivity index (χ1n) is 6.85. The lowest BCUT2D eigenvalue weighted by atomic mass is 9.94. The van der Waals surface area contributed by atoms with Crippen LogP contribution < -0.4 is 15.8 Å². The van der Waals surface area contributed by atoms with Gasteiger partial charge in [-0.05, 0) is 38.1 Å². The molecule has 0 radical (unpaired) electrons. The van der Waals surface area contributed by atoms with Crippen molar-refractivity contribution >= 4 is 0 Å². The lowest BCUT2D eigenvalue weighted by Gasteiger charge is -2.35. The molecule has 106 valence electrons. The average Bonchev–Trinajstić information content (AvgIpc) is 2.40. The summed E-state index contributed by atoms with van der Waals surface area (Å²) in [4.78, 5) is 2.31. The Morgan fingerprint density at radius 2 is 2.05 bits per heavy atom. The van der Waals surface area contributed by atoms with Crippen LogP contribution in [0.15, 0.2) is 12.1 Å². The van der Waals surface area contributed by atoms with Gasteiger partial charge in [-0.15, -0.1) is 0 Å². The lowest BCUT2D eigenvalue weighted by molar-refractivity contribution is 0.218. The summed E-state index contributed by atoms with van der Waals surface area (Å²) < 4.78 is 5.50. The smallest absolute Gasteiger partial charge is 0.123 e. The van der Waals surface area contributed by atoms with Crippen LogP contribution in [0.2, 0.25) is 0 Å². The van der Waals surface area contributed by atoms with Gasteiger partial charge in [0.15, 0.2) is 0 Å². The van der Waals surface area contributed by atoms with E-state index < -0.39 is 0 Å². The highest BCUT2D eigenvalue weighted by Gasteiger charge is 2.26. The minimum atomic E-state index is -0.0444. The fourth-order valence-corrected chi connectivity index (χ4v) is 2.64. The molecule has 1 aliphatic heterocycles. The highest BCUT2D eigenvalue weighted by molar-refractivity contribution is 5.44. The zero-order valence-corrected chi connectivity index (χ0v) is 12.4. The van der Waals surface area contributed by atoms with Crippen molar-refractivity contribution in [1.82, 2.24) is 10.2 Å². The summed E-state index contributed by atoms with van der Waals surface area (Å²) in [5, 5.41) is 3.51. The maximum atomic E-state index is 6.46. The molecule has 1 saturated heterocycles. The van der Waals surface area contributed by atoms with Crippen molar-refractivity contribution in [3.63, 3.8) is 0 Å². The molecular formula is C15H25N3O. The molecule has 4 nitrogen and oxygen atoms in total. The van der Waals surface area contributed by atoms with Gasteiger partial charge in [-0.2, -0.15) is 0 Å². The summed E-state index contributed by atoms with van der Waals surface area (Å²) in [6, 6.07) is 4.47. The predicted molar refractivity (Wildman–Crippen MR) is 78.7 cm³/mol. The van der Waals surface area contributed by atoms with Crippen molar-refractivity contribution in [1.29, 1.82) is 0 Å². The number of nitrogens with two attached hydrogens (primary N) is 1. The molecule has 1 fully saturated rings. The van der Waals surface area contributed by atoms with E-state index in [-0.39, 0.29) is 12.1 Å². The molecule has 0 bridgehead atoms. The van der Waals surface area contributed by atoms with Crippen LogP contribution >= 0.6 is 0 Å². The molecule has 0 aliphatic carbocycles. The molecule has 1 aromatic rings. The molecule has 19 heavy (non-hydrogen) atoms. The molecule has 3 N–H and O–H groups in total. The third-order valence-corrected chi connectivity index (χ3v) is 4.05. The Morgan fingerprint density at radius 3 is 2.68 bits per heavy atom. The largest absolute Gasteiger partial charge is 0.496 e. The Bertz CT molecular complexity index is 447. The van der Waals surface area contributed by atoms with E-state index in [2.05, 4.69) is 43.2 Å². The highest BCUT2D eigenvalue weighted by atomic mass is 16.5. The lowest BCUT2D eigenvalue weighted by Crippen LogP contribution is -2.53. The van der Waals surface area contributed by atoms with E-state index in [1.54, 1.807) is 7.11 Å². The van der Waals surface area contributed by atoms with Crippen LogP contribution in [0, 0.1) is 13.8 Å². The number of nitrogens with one attached hydrogen (secondary N) is 1. The van der Waals surface area contributed by atoms with Crippen LogP contribution in [-0.2, 0) is 0 Å². The quantitative estimate of drug-likeness (QED) is 0.861. The van der Waals surface area contributed by atoms with Crippen molar-refractivity contribution in [3.05, 3.63) is 28.8 Å². The maximum Gasteiger partial charge on any atom is 0.123 e. The molecule has 1 aliphatic rings. The number of hydrogen-bond donors (Lipinski definition) is 2. The SMILES string of the molecule is COc1cc(C)c(C)cc1C(N)C1CN(C)CCN1. The first kappa shape index (κ1) is 14.3. The minimum Gasteiger partial charge on any atom is -0.496 e. The second kappa shape index (κ2) is 5.90. The normalized spacial score (nSPS) is 22.3. The molecule has 0 aromatic heterocycles. The number of benzene rings is 1.